The molecular weight excluding hydrogens is 382 g/mol. The lowest BCUT2D eigenvalue weighted by molar-refractivity contribution is -0.139. The normalized spacial score (nSPS) is 20.9. The van der Waals surface area contributed by atoms with Crippen molar-refractivity contribution in [1.29, 1.82) is 0 Å². The summed E-state index contributed by atoms with van der Waals surface area (Å²) in [5.41, 5.74) is 3.90. The number of benzene rings is 2. The number of likely N-dealkylation sites (tertiary alicyclic amines) is 1. The number of piperazine rings is 1. The first kappa shape index (κ1) is 21.8. The third-order valence-corrected chi connectivity index (χ3v) is 6.50. The molecule has 1 unspecified atom stereocenters. The summed E-state index contributed by atoms with van der Waals surface area (Å²) >= 11 is 0. The highest BCUT2D eigenvalue weighted by Gasteiger charge is 2.30. The predicted molar refractivity (Wildman–Crippen MR) is 128 cm³/mol. The van der Waals surface area contributed by atoms with Gasteiger partial charge in [0.15, 0.2) is 0 Å². The number of aryl methyl sites for hydroxylation is 1. The zero-order chi connectivity index (χ0) is 21.5. The van der Waals surface area contributed by atoms with E-state index in [1.54, 1.807) is 0 Å². The minimum atomic E-state index is 0.156. The number of carbonyl (C=O) groups is 1. The van der Waals surface area contributed by atoms with E-state index < -0.39 is 0 Å². The highest BCUT2D eigenvalue weighted by atomic mass is 16.2. The number of hydrogen-bond acceptors (Lipinski definition) is 3. The first-order chi connectivity index (χ1) is 15.2. The molecule has 2 heterocycles. The van der Waals surface area contributed by atoms with Gasteiger partial charge in [-0.25, -0.2) is 0 Å². The van der Waals surface area contributed by atoms with Gasteiger partial charge in [0.1, 0.15) is 0 Å². The summed E-state index contributed by atoms with van der Waals surface area (Å²) in [6.07, 6.45) is 6.56. The molecule has 31 heavy (non-hydrogen) atoms. The van der Waals surface area contributed by atoms with E-state index in [4.69, 9.17) is 0 Å². The maximum absolute atomic E-state index is 13.2. The van der Waals surface area contributed by atoms with E-state index >= 15 is 0 Å². The SMILES string of the molecule is Cc1cccc(CN2CCCC(C(=O)N3CCN(C/C=C/c4ccccc4)CC3)C2)c1. The van der Waals surface area contributed by atoms with Gasteiger partial charge in [0, 0.05) is 45.8 Å². The Labute approximate surface area is 187 Å². The quantitative estimate of drug-likeness (QED) is 0.709. The minimum absolute atomic E-state index is 0.156. The number of amides is 1. The van der Waals surface area contributed by atoms with Gasteiger partial charge in [-0.15, -0.1) is 0 Å². The van der Waals surface area contributed by atoms with Crippen molar-refractivity contribution in [3.05, 3.63) is 77.4 Å². The maximum atomic E-state index is 13.2. The van der Waals surface area contributed by atoms with Crippen molar-refractivity contribution in [2.24, 2.45) is 5.92 Å². The molecule has 0 radical (unpaired) electrons. The average Bonchev–Trinajstić information content (AvgIpc) is 2.80. The van der Waals surface area contributed by atoms with Gasteiger partial charge in [0.2, 0.25) is 5.91 Å². The lowest BCUT2D eigenvalue weighted by atomic mass is 9.95. The van der Waals surface area contributed by atoms with Crippen LogP contribution in [-0.4, -0.2) is 66.4 Å². The van der Waals surface area contributed by atoms with Crippen LogP contribution in [0.3, 0.4) is 0 Å². The van der Waals surface area contributed by atoms with E-state index in [0.717, 1.165) is 65.2 Å². The number of nitrogens with zero attached hydrogens (tertiary/aromatic N) is 3. The number of hydrogen-bond donors (Lipinski definition) is 0. The van der Waals surface area contributed by atoms with Gasteiger partial charge in [0.25, 0.3) is 0 Å². The van der Waals surface area contributed by atoms with Gasteiger partial charge in [-0.3, -0.25) is 14.6 Å². The molecule has 4 heteroatoms. The molecule has 2 aliphatic rings. The van der Waals surface area contributed by atoms with Crippen LogP contribution in [0.25, 0.3) is 6.08 Å². The summed E-state index contributed by atoms with van der Waals surface area (Å²) < 4.78 is 0. The monoisotopic (exact) mass is 417 g/mol. The van der Waals surface area contributed by atoms with Gasteiger partial charge in [-0.1, -0.05) is 72.3 Å². The van der Waals surface area contributed by atoms with Crippen molar-refractivity contribution in [1.82, 2.24) is 14.7 Å². The fraction of sp³-hybridized carbons (Fsp3) is 0.444. The van der Waals surface area contributed by atoms with Crippen LogP contribution in [0.2, 0.25) is 0 Å². The average molecular weight is 418 g/mol. The molecule has 4 rings (SSSR count). The number of piperidine rings is 1. The summed E-state index contributed by atoms with van der Waals surface area (Å²) in [6, 6.07) is 19.2. The summed E-state index contributed by atoms with van der Waals surface area (Å²) in [7, 11) is 0. The fourth-order valence-electron chi connectivity index (χ4n) is 4.78. The lowest BCUT2D eigenvalue weighted by Crippen LogP contribution is -2.52. The molecule has 1 atom stereocenters. The van der Waals surface area contributed by atoms with Crippen molar-refractivity contribution in [2.45, 2.75) is 26.3 Å². The second kappa shape index (κ2) is 10.7. The van der Waals surface area contributed by atoms with Gasteiger partial charge in [0.05, 0.1) is 5.92 Å². The van der Waals surface area contributed by atoms with E-state index in [0.29, 0.717) is 5.91 Å². The van der Waals surface area contributed by atoms with Crippen LogP contribution in [0.5, 0.6) is 0 Å². The van der Waals surface area contributed by atoms with Crippen LogP contribution < -0.4 is 0 Å². The molecule has 0 aromatic heterocycles. The molecule has 164 valence electrons. The molecule has 4 nitrogen and oxygen atoms in total. The van der Waals surface area contributed by atoms with Crippen molar-refractivity contribution in [3.63, 3.8) is 0 Å². The first-order valence-corrected chi connectivity index (χ1v) is 11.7. The topological polar surface area (TPSA) is 26.8 Å². The largest absolute Gasteiger partial charge is 0.340 e. The van der Waals surface area contributed by atoms with E-state index in [9.17, 15) is 4.79 Å². The van der Waals surface area contributed by atoms with Crippen molar-refractivity contribution in [3.8, 4) is 0 Å². The van der Waals surface area contributed by atoms with Gasteiger partial charge in [-0.2, -0.15) is 0 Å². The molecule has 1 amide bonds. The molecule has 0 saturated carbocycles. The van der Waals surface area contributed by atoms with Gasteiger partial charge < -0.3 is 4.90 Å². The highest BCUT2D eigenvalue weighted by molar-refractivity contribution is 5.79. The minimum Gasteiger partial charge on any atom is -0.340 e. The van der Waals surface area contributed by atoms with Gasteiger partial charge >= 0.3 is 0 Å². The maximum Gasteiger partial charge on any atom is 0.227 e. The Balaban J connectivity index is 1.23. The Hall–Kier alpha value is -2.43. The smallest absolute Gasteiger partial charge is 0.227 e. The molecule has 0 spiro atoms. The Bertz CT molecular complexity index is 871. The molecule has 2 aliphatic heterocycles. The van der Waals surface area contributed by atoms with Crippen molar-refractivity contribution < 1.29 is 4.79 Å². The first-order valence-electron chi connectivity index (χ1n) is 11.7. The Morgan fingerprint density at radius 2 is 1.77 bits per heavy atom. The summed E-state index contributed by atoms with van der Waals surface area (Å²) in [6.45, 7) is 9.67. The number of rotatable bonds is 6. The second-order valence-corrected chi connectivity index (χ2v) is 9.00. The summed E-state index contributed by atoms with van der Waals surface area (Å²) in [4.78, 5) is 20.2. The van der Waals surface area contributed by atoms with Crippen molar-refractivity contribution >= 4 is 12.0 Å². The van der Waals surface area contributed by atoms with Crippen LogP contribution >= 0.6 is 0 Å². The van der Waals surface area contributed by atoms with Crippen molar-refractivity contribution in [2.75, 3.05) is 45.8 Å². The Morgan fingerprint density at radius 1 is 0.968 bits per heavy atom. The molecule has 0 N–H and O–H groups in total. The molecule has 2 fully saturated rings. The third-order valence-electron chi connectivity index (χ3n) is 6.50. The van der Waals surface area contributed by atoms with E-state index in [2.05, 4.69) is 82.3 Å². The molecule has 2 saturated heterocycles. The van der Waals surface area contributed by atoms with Crippen LogP contribution in [0.15, 0.2) is 60.7 Å². The van der Waals surface area contributed by atoms with Crippen LogP contribution in [0.1, 0.15) is 29.5 Å². The van der Waals surface area contributed by atoms with Crippen LogP contribution in [-0.2, 0) is 11.3 Å². The summed E-state index contributed by atoms with van der Waals surface area (Å²) in [5.74, 6) is 0.525. The Morgan fingerprint density at radius 3 is 2.55 bits per heavy atom. The standard InChI is InChI=1S/C27H35N3O/c1-23-8-5-11-25(20-23)21-29-15-7-13-26(22-29)27(31)30-18-16-28(17-19-30)14-6-12-24-9-3-2-4-10-24/h2-6,8-12,20,26H,7,13-19,21-22H2,1H3/b12-6+. The molecule has 2 aromatic rings. The lowest BCUT2D eigenvalue weighted by Gasteiger charge is -2.38. The molecule has 0 aliphatic carbocycles. The molecule has 0 bridgehead atoms. The van der Waals surface area contributed by atoms with Gasteiger partial charge in [-0.05, 0) is 37.4 Å². The zero-order valence-electron chi connectivity index (χ0n) is 18.7. The third kappa shape index (κ3) is 6.28. The van der Waals surface area contributed by atoms with Crippen LogP contribution in [0, 0.1) is 12.8 Å². The summed E-state index contributed by atoms with van der Waals surface area (Å²) in [5, 5.41) is 0. The zero-order valence-corrected chi connectivity index (χ0v) is 18.7. The fourth-order valence-corrected chi connectivity index (χ4v) is 4.78. The highest BCUT2D eigenvalue weighted by Crippen LogP contribution is 2.22. The Kier molecular flexibility index (Phi) is 7.55. The second-order valence-electron chi connectivity index (χ2n) is 9.00. The van der Waals surface area contributed by atoms with E-state index in [1.165, 1.54) is 16.7 Å². The molecule has 2 aromatic carbocycles. The predicted octanol–water partition coefficient (Wildman–Crippen LogP) is 4.06. The molecular formula is C27H35N3O. The van der Waals surface area contributed by atoms with E-state index in [-0.39, 0.29) is 5.92 Å². The van der Waals surface area contributed by atoms with E-state index in [1.807, 2.05) is 6.07 Å². The van der Waals surface area contributed by atoms with Crippen LogP contribution in [0.4, 0.5) is 0 Å². The number of carbonyl (C=O) groups excluding carboxylic acids is 1.